The minimum absolute atomic E-state index is 0.869. The fourth-order valence-corrected chi connectivity index (χ4v) is 8.92. The summed E-state index contributed by atoms with van der Waals surface area (Å²) in [7, 11) is 0. The molecule has 4 aromatic heterocycles. The molecule has 4 heteroatoms. The molecule has 8 aromatic carbocycles. The van der Waals surface area contributed by atoms with Crippen molar-refractivity contribution in [2.75, 3.05) is 0 Å². The summed E-state index contributed by atoms with van der Waals surface area (Å²) in [4.78, 5) is 0. The lowest BCUT2D eigenvalue weighted by molar-refractivity contribution is 0.666. The van der Waals surface area contributed by atoms with Gasteiger partial charge in [-0.05, 0) is 66.7 Å². The average molecular weight is 664 g/mol. The topological polar surface area (TPSA) is 27.9 Å². The Bertz CT molecular complexity index is 3320. The molecule has 0 saturated heterocycles. The van der Waals surface area contributed by atoms with E-state index in [0.717, 1.165) is 50.0 Å². The summed E-state index contributed by atoms with van der Waals surface area (Å²) in [5, 5.41) is 9.63. The maximum atomic E-state index is 6.88. The van der Waals surface area contributed by atoms with Gasteiger partial charge in [0.1, 0.15) is 5.58 Å². The smallest absolute Gasteiger partial charge is 0.159 e. The molecule has 52 heavy (non-hydrogen) atoms. The molecule has 4 heterocycles. The lowest BCUT2D eigenvalue weighted by Gasteiger charge is -2.11. The summed E-state index contributed by atoms with van der Waals surface area (Å²) in [6.07, 6.45) is 0. The van der Waals surface area contributed by atoms with E-state index in [-0.39, 0.29) is 0 Å². The van der Waals surface area contributed by atoms with Gasteiger partial charge in [-0.15, -0.1) is 0 Å². The summed E-state index contributed by atoms with van der Waals surface area (Å²) < 4.78 is 14.1. The van der Waals surface area contributed by atoms with Crippen molar-refractivity contribution in [3.8, 4) is 17.1 Å². The van der Waals surface area contributed by atoms with Crippen LogP contribution in [0.15, 0.2) is 180 Å². The molecule has 4 nitrogen and oxygen atoms in total. The number of fused-ring (bicyclic) bond motifs is 12. The number of furan rings is 1. The number of rotatable bonds is 3. The van der Waals surface area contributed by atoms with Crippen LogP contribution < -0.4 is 0 Å². The Balaban J connectivity index is 1.13. The molecule has 0 N–H and O–H groups in total. The molecule has 0 aliphatic rings. The third-order valence-electron chi connectivity index (χ3n) is 11.0. The summed E-state index contributed by atoms with van der Waals surface area (Å²) >= 11 is 0. The highest BCUT2D eigenvalue weighted by Crippen LogP contribution is 2.42. The molecule has 0 amide bonds. The van der Waals surface area contributed by atoms with Gasteiger partial charge in [0.2, 0.25) is 0 Å². The van der Waals surface area contributed by atoms with Crippen LogP contribution in [0.2, 0.25) is 0 Å². The Morgan fingerprint density at radius 3 is 1.31 bits per heavy atom. The molecule has 0 saturated carbocycles. The van der Waals surface area contributed by atoms with E-state index in [4.69, 9.17) is 4.42 Å². The largest absolute Gasteiger partial charge is 0.454 e. The normalized spacial score (nSPS) is 12.2. The van der Waals surface area contributed by atoms with Gasteiger partial charge in [0.15, 0.2) is 5.58 Å². The van der Waals surface area contributed by atoms with Crippen LogP contribution >= 0.6 is 0 Å². The number of benzene rings is 8. The molecule has 0 aliphatic carbocycles. The minimum Gasteiger partial charge on any atom is -0.454 e. The Morgan fingerprint density at radius 1 is 0.308 bits per heavy atom. The molecule has 0 bridgehead atoms. The van der Waals surface area contributed by atoms with Crippen LogP contribution in [-0.4, -0.2) is 13.7 Å². The molecule has 12 rings (SSSR count). The molecule has 242 valence electrons. The minimum atomic E-state index is 0.869. The van der Waals surface area contributed by atoms with Gasteiger partial charge in [0, 0.05) is 43.4 Å². The average Bonchev–Trinajstić information content (AvgIpc) is 3.94. The SMILES string of the molecule is c1cc(-n2c3ccccc3c3cc(-n4c5ccccc5c5ccccc54)ccc32)c2c(c1)oc1c(-n3c4ccccc4c4ccccc43)cccc12. The van der Waals surface area contributed by atoms with Crippen molar-refractivity contribution in [3.63, 3.8) is 0 Å². The van der Waals surface area contributed by atoms with Crippen LogP contribution in [0.4, 0.5) is 0 Å². The highest BCUT2D eigenvalue weighted by Gasteiger charge is 2.22. The van der Waals surface area contributed by atoms with Gasteiger partial charge in [0.05, 0.1) is 49.9 Å². The van der Waals surface area contributed by atoms with Crippen molar-refractivity contribution in [1.82, 2.24) is 13.7 Å². The van der Waals surface area contributed by atoms with Crippen LogP contribution in [0, 0.1) is 0 Å². The van der Waals surface area contributed by atoms with Gasteiger partial charge in [0.25, 0.3) is 0 Å². The molecular formula is C48H29N3O. The van der Waals surface area contributed by atoms with Crippen molar-refractivity contribution < 1.29 is 4.42 Å². The van der Waals surface area contributed by atoms with Crippen molar-refractivity contribution in [2.24, 2.45) is 0 Å². The van der Waals surface area contributed by atoms with Gasteiger partial charge < -0.3 is 18.1 Å². The van der Waals surface area contributed by atoms with E-state index in [1.54, 1.807) is 0 Å². The van der Waals surface area contributed by atoms with Crippen molar-refractivity contribution in [1.29, 1.82) is 0 Å². The second-order valence-corrected chi connectivity index (χ2v) is 13.7. The Morgan fingerprint density at radius 2 is 0.731 bits per heavy atom. The summed E-state index contributed by atoms with van der Waals surface area (Å²) in [5.74, 6) is 0. The van der Waals surface area contributed by atoms with Crippen molar-refractivity contribution >= 4 is 87.4 Å². The summed E-state index contributed by atoms with van der Waals surface area (Å²) in [5.41, 5.74) is 12.1. The molecule has 12 aromatic rings. The van der Waals surface area contributed by atoms with Crippen molar-refractivity contribution in [2.45, 2.75) is 0 Å². The molecule has 0 fully saturated rings. The first-order valence-corrected chi connectivity index (χ1v) is 17.8. The second-order valence-electron chi connectivity index (χ2n) is 13.7. The van der Waals surface area contributed by atoms with Crippen LogP contribution in [0.3, 0.4) is 0 Å². The Hall–Kier alpha value is -7.04. The third kappa shape index (κ3) is 3.60. The van der Waals surface area contributed by atoms with Gasteiger partial charge in [-0.3, -0.25) is 0 Å². The van der Waals surface area contributed by atoms with Gasteiger partial charge in [-0.1, -0.05) is 109 Å². The monoisotopic (exact) mass is 663 g/mol. The quantitative estimate of drug-likeness (QED) is 0.185. The summed E-state index contributed by atoms with van der Waals surface area (Å²) in [6, 6.07) is 63.4. The van der Waals surface area contributed by atoms with E-state index in [2.05, 4.69) is 190 Å². The van der Waals surface area contributed by atoms with E-state index in [0.29, 0.717) is 0 Å². The number of para-hydroxylation sites is 6. The lowest BCUT2D eigenvalue weighted by atomic mass is 10.1. The first-order chi connectivity index (χ1) is 25.8. The van der Waals surface area contributed by atoms with Crippen LogP contribution in [0.25, 0.3) is 104 Å². The zero-order valence-corrected chi connectivity index (χ0v) is 28.0. The number of aromatic nitrogens is 3. The maximum absolute atomic E-state index is 6.88. The van der Waals surface area contributed by atoms with E-state index >= 15 is 0 Å². The van der Waals surface area contributed by atoms with E-state index < -0.39 is 0 Å². The lowest BCUT2D eigenvalue weighted by Crippen LogP contribution is -1.96. The number of hydrogen-bond acceptors (Lipinski definition) is 1. The van der Waals surface area contributed by atoms with Crippen LogP contribution in [0.1, 0.15) is 0 Å². The number of nitrogens with zero attached hydrogens (tertiary/aromatic N) is 3. The van der Waals surface area contributed by atoms with E-state index in [1.807, 2.05) is 0 Å². The fourth-order valence-electron chi connectivity index (χ4n) is 8.92. The Labute approximate surface area is 297 Å². The predicted molar refractivity (Wildman–Crippen MR) is 217 cm³/mol. The van der Waals surface area contributed by atoms with Gasteiger partial charge in [-0.2, -0.15) is 0 Å². The standard InChI is InChI=1S/C48H29N3O/c1-6-19-38-31(13-1)32-14-2-7-20-39(32)49(38)30-27-28-43-37(29-30)35-17-5-10-23-42(35)50(43)44-24-12-26-46-47(44)36-18-11-25-45(48(36)52-46)51-40-21-8-3-15-33(40)34-16-4-9-22-41(34)51/h1-29H. The predicted octanol–water partition coefficient (Wildman–Crippen LogP) is 12.9. The third-order valence-corrected chi connectivity index (χ3v) is 11.0. The molecule has 0 spiro atoms. The molecule has 0 unspecified atom stereocenters. The summed E-state index contributed by atoms with van der Waals surface area (Å²) in [6.45, 7) is 0. The van der Waals surface area contributed by atoms with Crippen molar-refractivity contribution in [3.05, 3.63) is 176 Å². The van der Waals surface area contributed by atoms with Crippen LogP contribution in [0.5, 0.6) is 0 Å². The van der Waals surface area contributed by atoms with E-state index in [1.165, 1.54) is 54.4 Å². The first kappa shape index (κ1) is 27.7. The van der Waals surface area contributed by atoms with E-state index in [9.17, 15) is 0 Å². The number of hydrogen-bond donors (Lipinski definition) is 0. The second kappa shape index (κ2) is 10.3. The first-order valence-electron chi connectivity index (χ1n) is 17.8. The fraction of sp³-hybridized carbons (Fsp3) is 0. The molecule has 0 atom stereocenters. The molecular weight excluding hydrogens is 635 g/mol. The van der Waals surface area contributed by atoms with Gasteiger partial charge in [-0.25, -0.2) is 0 Å². The highest BCUT2D eigenvalue weighted by molar-refractivity contribution is 6.17. The highest BCUT2D eigenvalue weighted by atomic mass is 16.3. The maximum Gasteiger partial charge on any atom is 0.159 e. The molecule has 0 aliphatic heterocycles. The Kier molecular flexibility index (Phi) is 5.47. The van der Waals surface area contributed by atoms with Crippen LogP contribution in [-0.2, 0) is 0 Å². The zero-order chi connectivity index (χ0) is 33.9. The van der Waals surface area contributed by atoms with Gasteiger partial charge >= 0.3 is 0 Å². The zero-order valence-electron chi connectivity index (χ0n) is 28.0. The molecule has 0 radical (unpaired) electrons.